The molecule has 0 bridgehead atoms. The predicted octanol–water partition coefficient (Wildman–Crippen LogP) is 2.99. The first-order chi connectivity index (χ1) is 10.1. The highest BCUT2D eigenvalue weighted by molar-refractivity contribution is 9.10. The van der Waals surface area contributed by atoms with Crippen molar-refractivity contribution in [2.45, 2.75) is 37.8 Å². The first-order valence-corrected chi connectivity index (χ1v) is 8.30. The Morgan fingerprint density at radius 3 is 2.76 bits per heavy atom. The number of halogens is 2. The van der Waals surface area contributed by atoms with Gasteiger partial charge in [-0.15, -0.1) is 0 Å². The van der Waals surface area contributed by atoms with Gasteiger partial charge in [0.1, 0.15) is 6.04 Å². The van der Waals surface area contributed by atoms with Crippen molar-refractivity contribution in [2.75, 3.05) is 6.54 Å². The van der Waals surface area contributed by atoms with Crippen molar-refractivity contribution in [3.63, 3.8) is 0 Å². The number of likely N-dealkylation sites (tertiary alicyclic amines) is 1. The van der Waals surface area contributed by atoms with E-state index < -0.39 is 0 Å². The molecule has 1 heterocycles. The van der Waals surface area contributed by atoms with Crippen molar-refractivity contribution >= 4 is 39.3 Å². The van der Waals surface area contributed by atoms with E-state index in [4.69, 9.17) is 11.6 Å². The van der Waals surface area contributed by atoms with Gasteiger partial charge in [-0.05, 0) is 53.7 Å². The Bertz CT molecular complexity index is 589. The zero-order valence-electron chi connectivity index (χ0n) is 11.4. The van der Waals surface area contributed by atoms with Crippen LogP contribution in [0.25, 0.3) is 0 Å². The summed E-state index contributed by atoms with van der Waals surface area (Å²) in [4.78, 5) is 26.6. The quantitative estimate of drug-likeness (QED) is 0.888. The molecule has 1 aliphatic carbocycles. The maximum atomic E-state index is 12.7. The van der Waals surface area contributed by atoms with Crippen LogP contribution in [0, 0.1) is 0 Å². The van der Waals surface area contributed by atoms with Crippen molar-refractivity contribution in [1.29, 1.82) is 0 Å². The zero-order chi connectivity index (χ0) is 15.0. The number of amides is 2. The second kappa shape index (κ2) is 5.97. The van der Waals surface area contributed by atoms with Gasteiger partial charge >= 0.3 is 0 Å². The molecule has 6 heteroatoms. The predicted molar refractivity (Wildman–Crippen MR) is 84.4 cm³/mol. The molecule has 1 aromatic carbocycles. The lowest BCUT2D eigenvalue weighted by Gasteiger charge is -2.24. The third-order valence-electron chi connectivity index (χ3n) is 3.92. The lowest BCUT2D eigenvalue weighted by atomic mass is 10.1. The molecule has 1 saturated carbocycles. The Kier molecular flexibility index (Phi) is 4.22. The van der Waals surface area contributed by atoms with Crippen LogP contribution in [0.5, 0.6) is 0 Å². The zero-order valence-corrected chi connectivity index (χ0v) is 13.8. The standard InChI is InChI=1S/C15H16BrClN2O2/c16-11-4-1-3-10(13(11)17)15(21)19-8-2-5-12(19)14(20)18-9-6-7-9/h1,3-4,9,12H,2,5-8H2,(H,18,20). The third-order valence-corrected chi connectivity index (χ3v) is 5.22. The number of carbonyl (C=O) groups excluding carboxylic acids is 2. The molecule has 21 heavy (non-hydrogen) atoms. The maximum absolute atomic E-state index is 12.7. The van der Waals surface area contributed by atoms with Gasteiger partial charge in [0, 0.05) is 17.1 Å². The molecular formula is C15H16BrClN2O2. The number of benzene rings is 1. The monoisotopic (exact) mass is 370 g/mol. The summed E-state index contributed by atoms with van der Waals surface area (Å²) in [6, 6.07) is 5.21. The van der Waals surface area contributed by atoms with Gasteiger partial charge in [-0.3, -0.25) is 9.59 Å². The van der Waals surface area contributed by atoms with E-state index in [0.29, 0.717) is 27.6 Å². The largest absolute Gasteiger partial charge is 0.352 e. The summed E-state index contributed by atoms with van der Waals surface area (Å²) in [5.41, 5.74) is 0.442. The Morgan fingerprint density at radius 1 is 1.29 bits per heavy atom. The van der Waals surface area contributed by atoms with E-state index in [1.807, 2.05) is 0 Å². The van der Waals surface area contributed by atoms with Crippen LogP contribution in [0.15, 0.2) is 22.7 Å². The van der Waals surface area contributed by atoms with Crippen LogP contribution in [0.4, 0.5) is 0 Å². The number of carbonyl (C=O) groups is 2. The SMILES string of the molecule is O=C(NC1CC1)C1CCCN1C(=O)c1cccc(Br)c1Cl. The van der Waals surface area contributed by atoms with E-state index in [0.717, 1.165) is 25.7 Å². The lowest BCUT2D eigenvalue weighted by molar-refractivity contribution is -0.125. The molecule has 1 aliphatic heterocycles. The van der Waals surface area contributed by atoms with Gasteiger partial charge in [-0.25, -0.2) is 0 Å². The highest BCUT2D eigenvalue weighted by atomic mass is 79.9. The number of hydrogen-bond donors (Lipinski definition) is 1. The number of nitrogens with zero attached hydrogens (tertiary/aromatic N) is 1. The normalized spacial score (nSPS) is 21.4. The topological polar surface area (TPSA) is 49.4 Å². The van der Waals surface area contributed by atoms with Crippen LogP contribution in [-0.2, 0) is 4.79 Å². The van der Waals surface area contributed by atoms with Gasteiger partial charge < -0.3 is 10.2 Å². The smallest absolute Gasteiger partial charge is 0.256 e. The van der Waals surface area contributed by atoms with E-state index in [9.17, 15) is 9.59 Å². The van der Waals surface area contributed by atoms with Gasteiger partial charge in [0.15, 0.2) is 0 Å². The first kappa shape index (κ1) is 14.9. The van der Waals surface area contributed by atoms with Crippen molar-refractivity contribution in [2.24, 2.45) is 0 Å². The molecule has 1 atom stereocenters. The first-order valence-electron chi connectivity index (χ1n) is 7.13. The van der Waals surface area contributed by atoms with Gasteiger partial charge in [0.25, 0.3) is 5.91 Å². The van der Waals surface area contributed by atoms with Crippen LogP contribution in [-0.4, -0.2) is 35.3 Å². The van der Waals surface area contributed by atoms with Crippen molar-refractivity contribution in [3.8, 4) is 0 Å². The van der Waals surface area contributed by atoms with Crippen molar-refractivity contribution < 1.29 is 9.59 Å². The molecule has 1 aromatic rings. The van der Waals surface area contributed by atoms with E-state index in [-0.39, 0.29) is 17.9 Å². The van der Waals surface area contributed by atoms with Crippen molar-refractivity contribution in [3.05, 3.63) is 33.3 Å². The molecule has 2 amide bonds. The summed E-state index contributed by atoms with van der Waals surface area (Å²) in [6.07, 6.45) is 3.66. The summed E-state index contributed by atoms with van der Waals surface area (Å²) < 4.78 is 0.688. The van der Waals surface area contributed by atoms with Crippen LogP contribution >= 0.6 is 27.5 Å². The minimum Gasteiger partial charge on any atom is -0.352 e. The number of rotatable bonds is 3. The fourth-order valence-corrected chi connectivity index (χ4v) is 3.20. The van der Waals surface area contributed by atoms with Crippen LogP contribution in [0.3, 0.4) is 0 Å². The summed E-state index contributed by atoms with van der Waals surface area (Å²) in [7, 11) is 0. The van der Waals surface area contributed by atoms with Crippen molar-refractivity contribution in [1.82, 2.24) is 10.2 Å². The second-order valence-corrected chi connectivity index (χ2v) is 6.77. The van der Waals surface area contributed by atoms with Gasteiger partial charge in [0.2, 0.25) is 5.91 Å². The minimum atomic E-state index is -0.367. The summed E-state index contributed by atoms with van der Waals surface area (Å²) in [5.74, 6) is -0.204. The highest BCUT2D eigenvalue weighted by Gasteiger charge is 2.37. The molecule has 0 aromatic heterocycles. The molecule has 1 saturated heterocycles. The Hall–Kier alpha value is -1.07. The number of nitrogens with one attached hydrogen (secondary N) is 1. The summed E-state index contributed by atoms with van der Waals surface area (Å²) in [5, 5.41) is 3.38. The van der Waals surface area contributed by atoms with Gasteiger partial charge in [-0.1, -0.05) is 17.7 Å². The maximum Gasteiger partial charge on any atom is 0.256 e. The Balaban J connectivity index is 1.79. The molecule has 0 spiro atoms. The van der Waals surface area contributed by atoms with Gasteiger partial charge in [0.05, 0.1) is 10.6 Å². The van der Waals surface area contributed by atoms with Crippen LogP contribution < -0.4 is 5.32 Å². The molecule has 2 aliphatic rings. The molecule has 1 unspecified atom stereocenters. The molecule has 112 valence electrons. The molecule has 0 radical (unpaired) electrons. The molecule has 2 fully saturated rings. The van der Waals surface area contributed by atoms with E-state index in [1.165, 1.54) is 0 Å². The van der Waals surface area contributed by atoms with Gasteiger partial charge in [-0.2, -0.15) is 0 Å². The molecule has 4 nitrogen and oxygen atoms in total. The van der Waals surface area contributed by atoms with E-state index >= 15 is 0 Å². The highest BCUT2D eigenvalue weighted by Crippen LogP contribution is 2.29. The third kappa shape index (κ3) is 3.09. The van der Waals surface area contributed by atoms with Crippen LogP contribution in [0.1, 0.15) is 36.0 Å². The fraction of sp³-hybridized carbons (Fsp3) is 0.467. The Morgan fingerprint density at radius 2 is 2.05 bits per heavy atom. The average molecular weight is 372 g/mol. The summed E-state index contributed by atoms with van der Waals surface area (Å²) in [6.45, 7) is 0.602. The Labute approximate surface area is 137 Å². The minimum absolute atomic E-state index is 0.0329. The lowest BCUT2D eigenvalue weighted by Crippen LogP contribution is -2.46. The second-order valence-electron chi connectivity index (χ2n) is 5.54. The van der Waals surface area contributed by atoms with E-state index in [1.54, 1.807) is 23.1 Å². The number of hydrogen-bond acceptors (Lipinski definition) is 2. The molecular weight excluding hydrogens is 356 g/mol. The fourth-order valence-electron chi connectivity index (χ4n) is 2.63. The van der Waals surface area contributed by atoms with Crippen LogP contribution in [0.2, 0.25) is 5.02 Å². The molecule has 1 N–H and O–H groups in total. The van der Waals surface area contributed by atoms with E-state index in [2.05, 4.69) is 21.2 Å². The average Bonchev–Trinajstić information content (AvgIpc) is 3.14. The molecule has 3 rings (SSSR count). The summed E-state index contributed by atoms with van der Waals surface area (Å²) >= 11 is 9.52.